The third kappa shape index (κ3) is 3.44. The van der Waals surface area contributed by atoms with Crippen LogP contribution in [0, 0.1) is 5.41 Å². The number of urea groups is 1. The van der Waals surface area contributed by atoms with Crippen molar-refractivity contribution in [1.29, 1.82) is 0 Å². The molecule has 5 rings (SSSR count). The van der Waals surface area contributed by atoms with E-state index in [0.29, 0.717) is 24.6 Å². The lowest BCUT2D eigenvalue weighted by molar-refractivity contribution is -0.00768. The molecule has 1 aromatic heterocycles. The number of piperidine rings is 1. The standard InChI is InChI=1S/C21H24N6O2/c28-19(27-13-21(14-27)8-3-9-22-12-21)17-6-7-18(25-24-17)23-20(29)26-10-15-4-1-2-5-16(15)11-26/h1-2,4-7,22H,3,8-14H2,(H,23,25,29). The first-order chi connectivity index (χ1) is 14.1. The molecule has 2 aromatic rings. The maximum Gasteiger partial charge on any atom is 0.323 e. The number of carbonyl (C=O) groups excluding carboxylic acids is 2. The molecule has 0 unspecified atom stereocenters. The zero-order valence-electron chi connectivity index (χ0n) is 16.2. The van der Waals surface area contributed by atoms with Gasteiger partial charge >= 0.3 is 6.03 Å². The molecule has 0 saturated carbocycles. The minimum atomic E-state index is -0.218. The highest BCUT2D eigenvalue weighted by Gasteiger charge is 2.45. The Kier molecular flexibility index (Phi) is 4.43. The van der Waals surface area contributed by atoms with Crippen molar-refractivity contribution in [2.75, 3.05) is 31.5 Å². The molecule has 3 amide bonds. The van der Waals surface area contributed by atoms with Crippen molar-refractivity contribution >= 4 is 17.8 Å². The Labute approximate surface area is 169 Å². The molecule has 2 fully saturated rings. The van der Waals surface area contributed by atoms with Gasteiger partial charge in [0.15, 0.2) is 11.5 Å². The van der Waals surface area contributed by atoms with Crippen LogP contribution in [0.25, 0.3) is 0 Å². The summed E-state index contributed by atoms with van der Waals surface area (Å²) in [5.41, 5.74) is 2.88. The van der Waals surface area contributed by atoms with E-state index in [4.69, 9.17) is 0 Å². The number of nitrogens with zero attached hydrogens (tertiary/aromatic N) is 4. The number of amides is 3. The third-order valence-electron chi connectivity index (χ3n) is 6.15. The van der Waals surface area contributed by atoms with Crippen LogP contribution < -0.4 is 10.6 Å². The van der Waals surface area contributed by atoms with Gasteiger partial charge in [0.25, 0.3) is 5.91 Å². The van der Waals surface area contributed by atoms with E-state index in [1.807, 2.05) is 29.2 Å². The van der Waals surface area contributed by atoms with Crippen molar-refractivity contribution in [3.8, 4) is 0 Å². The van der Waals surface area contributed by atoms with E-state index in [0.717, 1.165) is 37.3 Å². The molecular formula is C21H24N6O2. The molecule has 8 heteroatoms. The van der Waals surface area contributed by atoms with Crippen LogP contribution in [0.1, 0.15) is 34.5 Å². The number of rotatable bonds is 2. The highest BCUT2D eigenvalue weighted by molar-refractivity contribution is 5.93. The third-order valence-corrected chi connectivity index (χ3v) is 6.15. The van der Waals surface area contributed by atoms with Gasteiger partial charge < -0.3 is 15.1 Å². The van der Waals surface area contributed by atoms with E-state index in [1.165, 1.54) is 12.8 Å². The van der Waals surface area contributed by atoms with Crippen molar-refractivity contribution in [1.82, 2.24) is 25.3 Å². The summed E-state index contributed by atoms with van der Waals surface area (Å²) >= 11 is 0. The molecule has 0 bridgehead atoms. The molecule has 1 aromatic carbocycles. The van der Waals surface area contributed by atoms with Crippen molar-refractivity contribution < 1.29 is 9.59 Å². The van der Waals surface area contributed by atoms with Gasteiger partial charge in [-0.1, -0.05) is 24.3 Å². The van der Waals surface area contributed by atoms with Gasteiger partial charge in [-0.05, 0) is 42.6 Å². The number of anilines is 1. The van der Waals surface area contributed by atoms with Gasteiger partial charge in [-0.3, -0.25) is 10.1 Å². The number of hydrogen-bond acceptors (Lipinski definition) is 5. The van der Waals surface area contributed by atoms with Crippen LogP contribution in [0.2, 0.25) is 0 Å². The average molecular weight is 392 g/mol. The minimum Gasteiger partial charge on any atom is -0.336 e. The largest absolute Gasteiger partial charge is 0.336 e. The van der Waals surface area contributed by atoms with E-state index in [9.17, 15) is 9.59 Å². The number of benzene rings is 1. The fraction of sp³-hybridized carbons (Fsp3) is 0.429. The quantitative estimate of drug-likeness (QED) is 0.814. The second-order valence-corrected chi connectivity index (χ2v) is 8.30. The van der Waals surface area contributed by atoms with Crippen molar-refractivity contribution in [3.63, 3.8) is 0 Å². The summed E-state index contributed by atoms with van der Waals surface area (Å²) in [7, 11) is 0. The van der Waals surface area contributed by atoms with Crippen LogP contribution in [-0.4, -0.2) is 58.1 Å². The lowest BCUT2D eigenvalue weighted by Crippen LogP contribution is -2.63. The molecular weight excluding hydrogens is 368 g/mol. The van der Waals surface area contributed by atoms with Gasteiger partial charge in [-0.25, -0.2) is 4.79 Å². The van der Waals surface area contributed by atoms with E-state index >= 15 is 0 Å². The Bertz CT molecular complexity index is 905. The molecule has 3 aliphatic heterocycles. The molecule has 2 saturated heterocycles. The second kappa shape index (κ2) is 7.11. The van der Waals surface area contributed by atoms with E-state index < -0.39 is 0 Å². The highest BCUT2D eigenvalue weighted by atomic mass is 16.2. The van der Waals surface area contributed by atoms with Crippen LogP contribution in [0.15, 0.2) is 36.4 Å². The lowest BCUT2D eigenvalue weighted by Gasteiger charge is -2.52. The van der Waals surface area contributed by atoms with Crippen LogP contribution in [-0.2, 0) is 13.1 Å². The molecule has 29 heavy (non-hydrogen) atoms. The Hall–Kier alpha value is -3.00. The highest BCUT2D eigenvalue weighted by Crippen LogP contribution is 2.37. The van der Waals surface area contributed by atoms with Gasteiger partial charge in [-0.15, -0.1) is 10.2 Å². The summed E-state index contributed by atoms with van der Waals surface area (Å²) < 4.78 is 0. The number of hydrogen-bond donors (Lipinski definition) is 2. The molecule has 0 atom stereocenters. The number of likely N-dealkylation sites (tertiary alicyclic amines) is 1. The molecule has 3 aliphatic rings. The first kappa shape index (κ1) is 18.1. The van der Waals surface area contributed by atoms with Gasteiger partial charge in [-0.2, -0.15) is 0 Å². The Morgan fingerprint density at radius 3 is 2.38 bits per heavy atom. The van der Waals surface area contributed by atoms with Gasteiger partial charge in [0.2, 0.25) is 0 Å². The van der Waals surface area contributed by atoms with Crippen LogP contribution in [0.4, 0.5) is 10.6 Å². The van der Waals surface area contributed by atoms with Crippen molar-refractivity contribution in [2.45, 2.75) is 25.9 Å². The molecule has 150 valence electrons. The molecule has 0 aliphatic carbocycles. The SMILES string of the molecule is O=C(Nc1ccc(C(=O)N2CC3(CCCNC3)C2)nn1)N1Cc2ccccc2C1. The molecule has 8 nitrogen and oxygen atoms in total. The molecule has 1 spiro atoms. The second-order valence-electron chi connectivity index (χ2n) is 8.30. The molecule has 2 N–H and O–H groups in total. The summed E-state index contributed by atoms with van der Waals surface area (Å²) in [4.78, 5) is 28.7. The predicted octanol–water partition coefficient (Wildman–Crippen LogP) is 1.85. The fourth-order valence-corrected chi connectivity index (χ4v) is 4.55. The summed E-state index contributed by atoms with van der Waals surface area (Å²) in [6.07, 6.45) is 2.33. The number of carbonyl (C=O) groups is 2. The normalized spacial score (nSPS) is 19.6. The van der Waals surface area contributed by atoms with Crippen molar-refractivity contribution in [2.24, 2.45) is 5.41 Å². The smallest absolute Gasteiger partial charge is 0.323 e. The maximum atomic E-state index is 12.6. The van der Waals surface area contributed by atoms with Gasteiger partial charge in [0.05, 0.1) is 0 Å². The Morgan fingerprint density at radius 2 is 1.76 bits per heavy atom. The summed E-state index contributed by atoms with van der Waals surface area (Å²) in [5.74, 6) is 0.251. The fourth-order valence-electron chi connectivity index (χ4n) is 4.55. The lowest BCUT2D eigenvalue weighted by atomic mass is 9.74. The van der Waals surface area contributed by atoms with E-state index in [1.54, 1.807) is 17.0 Å². The minimum absolute atomic E-state index is 0.0958. The van der Waals surface area contributed by atoms with Crippen LogP contribution in [0.3, 0.4) is 0 Å². The summed E-state index contributed by atoms with van der Waals surface area (Å²) in [6, 6.07) is 11.1. The van der Waals surface area contributed by atoms with Crippen LogP contribution in [0.5, 0.6) is 0 Å². The first-order valence-corrected chi connectivity index (χ1v) is 10.1. The molecule has 0 radical (unpaired) electrons. The summed E-state index contributed by atoms with van der Waals surface area (Å²) in [5, 5.41) is 14.3. The van der Waals surface area contributed by atoms with E-state index in [-0.39, 0.29) is 17.4 Å². The number of aromatic nitrogens is 2. The van der Waals surface area contributed by atoms with Gasteiger partial charge in [0.1, 0.15) is 0 Å². The Morgan fingerprint density at radius 1 is 1.00 bits per heavy atom. The topological polar surface area (TPSA) is 90.5 Å². The maximum absolute atomic E-state index is 12.6. The van der Waals surface area contributed by atoms with Crippen LogP contribution >= 0.6 is 0 Å². The molecule has 4 heterocycles. The van der Waals surface area contributed by atoms with Gasteiger partial charge in [0, 0.05) is 38.1 Å². The first-order valence-electron chi connectivity index (χ1n) is 10.1. The monoisotopic (exact) mass is 392 g/mol. The zero-order valence-corrected chi connectivity index (χ0v) is 16.2. The Balaban J connectivity index is 1.17. The summed E-state index contributed by atoms with van der Waals surface area (Å²) in [6.45, 7) is 4.75. The van der Waals surface area contributed by atoms with Crippen molar-refractivity contribution in [3.05, 3.63) is 53.2 Å². The van der Waals surface area contributed by atoms with E-state index in [2.05, 4.69) is 20.8 Å². The zero-order chi connectivity index (χ0) is 19.8. The number of nitrogens with one attached hydrogen (secondary N) is 2. The average Bonchev–Trinajstić information content (AvgIpc) is 3.17. The predicted molar refractivity (Wildman–Crippen MR) is 107 cm³/mol. The number of fused-ring (bicyclic) bond motifs is 1.